The molecule has 0 heterocycles. The van der Waals surface area contributed by atoms with Crippen molar-refractivity contribution in [2.45, 2.75) is 47.1 Å². The van der Waals surface area contributed by atoms with Crippen molar-refractivity contribution in [1.29, 1.82) is 0 Å². The van der Waals surface area contributed by atoms with Crippen LogP contribution in [0.15, 0.2) is 0 Å². The fourth-order valence-electron chi connectivity index (χ4n) is 1.86. The molecule has 0 bridgehead atoms. The summed E-state index contributed by atoms with van der Waals surface area (Å²) in [6.07, 6.45) is 0.966. The molecule has 0 aromatic rings. The maximum absolute atomic E-state index is 11.9. The zero-order valence-electron chi connectivity index (χ0n) is 10.9. The Balaban J connectivity index is 4.37. The molecule has 0 aliphatic rings. The second-order valence-electron chi connectivity index (χ2n) is 5.16. The minimum atomic E-state index is -0.357. The Bertz CT molecular complexity index is 251. The van der Waals surface area contributed by atoms with Gasteiger partial charge in [0.1, 0.15) is 0 Å². The van der Waals surface area contributed by atoms with Crippen molar-refractivity contribution in [2.24, 2.45) is 23.5 Å². The summed E-state index contributed by atoms with van der Waals surface area (Å²) >= 11 is 4.93. The van der Waals surface area contributed by atoms with Crippen LogP contribution >= 0.6 is 12.2 Å². The Hall–Kier alpha value is -0.640. The summed E-state index contributed by atoms with van der Waals surface area (Å²) in [5.74, 6) is 0.307. The number of rotatable bonds is 6. The van der Waals surface area contributed by atoms with E-state index in [1.807, 2.05) is 20.8 Å². The topological polar surface area (TPSA) is 55.1 Å². The van der Waals surface area contributed by atoms with Gasteiger partial charge in [-0.2, -0.15) is 0 Å². The average Bonchev–Trinajstić information content (AvgIpc) is 1.98. The van der Waals surface area contributed by atoms with Crippen molar-refractivity contribution in [3.8, 4) is 0 Å². The predicted molar refractivity (Wildman–Crippen MR) is 72.2 cm³/mol. The zero-order chi connectivity index (χ0) is 12.9. The third kappa shape index (κ3) is 5.45. The maximum atomic E-state index is 11.9. The molecule has 0 aromatic carbocycles. The first-order valence-corrected chi connectivity index (χ1v) is 6.26. The average molecular weight is 244 g/mol. The molecule has 0 rings (SSSR count). The molecule has 0 radical (unpaired) electrons. The molecule has 2 unspecified atom stereocenters. The minimum Gasteiger partial charge on any atom is -0.393 e. The van der Waals surface area contributed by atoms with Crippen LogP contribution in [0.4, 0.5) is 0 Å². The van der Waals surface area contributed by atoms with Crippen LogP contribution in [0.2, 0.25) is 0 Å². The van der Waals surface area contributed by atoms with Crippen molar-refractivity contribution >= 4 is 23.1 Å². The summed E-state index contributed by atoms with van der Waals surface area (Å²) < 4.78 is 0. The van der Waals surface area contributed by atoms with Crippen molar-refractivity contribution in [3.63, 3.8) is 0 Å². The first-order chi connectivity index (χ1) is 7.25. The molecule has 16 heavy (non-hydrogen) atoms. The van der Waals surface area contributed by atoms with Gasteiger partial charge in [0, 0.05) is 6.04 Å². The van der Waals surface area contributed by atoms with Crippen LogP contribution in [0.5, 0.6) is 0 Å². The molecule has 0 aromatic heterocycles. The number of carbonyl (C=O) groups excluding carboxylic acids is 1. The van der Waals surface area contributed by atoms with Gasteiger partial charge in [0.05, 0.1) is 10.9 Å². The lowest BCUT2D eigenvalue weighted by Gasteiger charge is -2.22. The molecule has 0 saturated heterocycles. The Morgan fingerprint density at radius 2 is 1.75 bits per heavy atom. The first-order valence-electron chi connectivity index (χ1n) is 5.85. The largest absolute Gasteiger partial charge is 0.393 e. The van der Waals surface area contributed by atoms with E-state index in [1.165, 1.54) is 0 Å². The van der Waals surface area contributed by atoms with Crippen LogP contribution in [0.3, 0.4) is 0 Å². The van der Waals surface area contributed by atoms with E-state index in [0.29, 0.717) is 5.92 Å². The van der Waals surface area contributed by atoms with Gasteiger partial charge in [0.2, 0.25) is 5.91 Å². The quantitative estimate of drug-likeness (QED) is 0.704. The van der Waals surface area contributed by atoms with Gasteiger partial charge < -0.3 is 11.1 Å². The monoisotopic (exact) mass is 244 g/mol. The SMILES string of the molecule is CC(C)CC(C)NC(=O)C(C(N)=S)C(C)C. The zero-order valence-corrected chi connectivity index (χ0v) is 11.7. The Morgan fingerprint density at radius 1 is 1.25 bits per heavy atom. The van der Waals surface area contributed by atoms with E-state index < -0.39 is 0 Å². The molecular weight excluding hydrogens is 220 g/mol. The number of hydrogen-bond acceptors (Lipinski definition) is 2. The number of hydrogen-bond donors (Lipinski definition) is 2. The fourth-order valence-corrected chi connectivity index (χ4v) is 2.24. The van der Waals surface area contributed by atoms with Crippen LogP contribution in [0.1, 0.15) is 41.0 Å². The van der Waals surface area contributed by atoms with Gasteiger partial charge in [-0.3, -0.25) is 4.79 Å². The van der Waals surface area contributed by atoms with E-state index in [-0.39, 0.29) is 28.8 Å². The molecule has 94 valence electrons. The van der Waals surface area contributed by atoms with Gasteiger partial charge in [0.15, 0.2) is 0 Å². The second kappa shape index (κ2) is 6.84. The Labute approximate surface area is 104 Å². The third-order valence-electron chi connectivity index (χ3n) is 2.47. The molecule has 0 aliphatic heterocycles. The number of nitrogens with two attached hydrogens (primary N) is 1. The molecule has 0 aliphatic carbocycles. The van der Waals surface area contributed by atoms with E-state index in [2.05, 4.69) is 19.2 Å². The molecule has 0 fully saturated rings. The Kier molecular flexibility index (Phi) is 6.56. The normalized spacial score (nSPS) is 14.9. The number of amides is 1. The highest BCUT2D eigenvalue weighted by molar-refractivity contribution is 7.80. The smallest absolute Gasteiger partial charge is 0.230 e. The lowest BCUT2D eigenvalue weighted by atomic mass is 9.94. The van der Waals surface area contributed by atoms with E-state index in [0.717, 1.165) is 6.42 Å². The molecule has 4 heteroatoms. The summed E-state index contributed by atoms with van der Waals surface area (Å²) in [5, 5.41) is 2.97. The summed E-state index contributed by atoms with van der Waals surface area (Å²) in [7, 11) is 0. The van der Waals surface area contributed by atoms with Gasteiger partial charge >= 0.3 is 0 Å². The van der Waals surface area contributed by atoms with E-state index in [9.17, 15) is 4.79 Å². The van der Waals surface area contributed by atoms with Crippen LogP contribution in [-0.4, -0.2) is 16.9 Å². The lowest BCUT2D eigenvalue weighted by Crippen LogP contribution is -2.44. The molecular formula is C12H24N2OS. The van der Waals surface area contributed by atoms with Crippen molar-refractivity contribution in [3.05, 3.63) is 0 Å². The van der Waals surface area contributed by atoms with E-state index >= 15 is 0 Å². The predicted octanol–water partition coefficient (Wildman–Crippen LogP) is 2.10. The van der Waals surface area contributed by atoms with Crippen LogP contribution in [0, 0.1) is 17.8 Å². The standard InChI is InChI=1S/C12H24N2OS/c1-7(2)6-9(5)14-12(15)10(8(3)4)11(13)16/h7-10H,6H2,1-5H3,(H2,13,16)(H,14,15). The van der Waals surface area contributed by atoms with Crippen molar-refractivity contribution in [2.75, 3.05) is 0 Å². The van der Waals surface area contributed by atoms with Gasteiger partial charge in [-0.15, -0.1) is 0 Å². The van der Waals surface area contributed by atoms with Gasteiger partial charge in [-0.25, -0.2) is 0 Å². The summed E-state index contributed by atoms with van der Waals surface area (Å²) in [5.41, 5.74) is 5.59. The number of thiocarbonyl (C=S) groups is 1. The molecule has 3 N–H and O–H groups in total. The first kappa shape index (κ1) is 15.4. The van der Waals surface area contributed by atoms with Crippen molar-refractivity contribution < 1.29 is 4.79 Å². The van der Waals surface area contributed by atoms with Crippen LogP contribution in [0.25, 0.3) is 0 Å². The molecule has 0 spiro atoms. The highest BCUT2D eigenvalue weighted by Gasteiger charge is 2.25. The second-order valence-corrected chi connectivity index (χ2v) is 5.63. The third-order valence-corrected chi connectivity index (χ3v) is 2.72. The van der Waals surface area contributed by atoms with Gasteiger partial charge in [0.25, 0.3) is 0 Å². The van der Waals surface area contributed by atoms with E-state index in [4.69, 9.17) is 18.0 Å². The van der Waals surface area contributed by atoms with E-state index in [1.54, 1.807) is 0 Å². The molecule has 1 amide bonds. The molecule has 2 atom stereocenters. The Morgan fingerprint density at radius 3 is 2.06 bits per heavy atom. The number of nitrogens with one attached hydrogen (secondary N) is 1. The highest BCUT2D eigenvalue weighted by atomic mass is 32.1. The van der Waals surface area contributed by atoms with Gasteiger partial charge in [-0.05, 0) is 25.2 Å². The van der Waals surface area contributed by atoms with Gasteiger partial charge in [-0.1, -0.05) is 39.9 Å². The maximum Gasteiger partial charge on any atom is 0.230 e. The summed E-state index contributed by atoms with van der Waals surface area (Å²) in [6.45, 7) is 10.2. The van der Waals surface area contributed by atoms with Crippen LogP contribution in [-0.2, 0) is 4.79 Å². The fraction of sp³-hybridized carbons (Fsp3) is 0.833. The number of carbonyl (C=O) groups is 1. The molecule has 3 nitrogen and oxygen atoms in total. The summed E-state index contributed by atoms with van der Waals surface area (Å²) in [6, 6.07) is 0.170. The highest BCUT2D eigenvalue weighted by Crippen LogP contribution is 2.13. The minimum absolute atomic E-state index is 0.0457. The lowest BCUT2D eigenvalue weighted by molar-refractivity contribution is -0.124. The molecule has 0 saturated carbocycles. The van der Waals surface area contributed by atoms with Crippen molar-refractivity contribution in [1.82, 2.24) is 5.32 Å². The van der Waals surface area contributed by atoms with Crippen LogP contribution < -0.4 is 11.1 Å². The summed E-state index contributed by atoms with van der Waals surface area (Å²) in [4.78, 5) is 12.2.